The average molecular weight is 829 g/mol. The van der Waals surface area contributed by atoms with Gasteiger partial charge in [0.1, 0.15) is 61.0 Å². The number of nitrogens with one attached hydrogen (secondary N) is 3. The molecule has 10 unspecified atom stereocenters. The molecule has 3 amide bonds. The van der Waals surface area contributed by atoms with Crippen molar-refractivity contribution in [2.24, 2.45) is 11.8 Å². The fourth-order valence-corrected chi connectivity index (χ4v) is 7.21. The van der Waals surface area contributed by atoms with E-state index in [-0.39, 0.29) is 6.42 Å². The van der Waals surface area contributed by atoms with Gasteiger partial charge in [-0.1, -0.05) is 6.92 Å². The van der Waals surface area contributed by atoms with Gasteiger partial charge in [-0.2, -0.15) is 0 Å². The highest BCUT2D eigenvalue weighted by Gasteiger charge is 2.57. The van der Waals surface area contributed by atoms with E-state index >= 15 is 0 Å². The predicted octanol–water partition coefficient (Wildman–Crippen LogP) is -7.15. The molecule has 25 nitrogen and oxygen atoms in total. The van der Waals surface area contributed by atoms with Crippen LogP contribution < -0.4 is 21.9 Å². The largest absolute Gasteiger partial charge is 0.479 e. The van der Waals surface area contributed by atoms with Crippen LogP contribution in [-0.2, 0) is 57.1 Å². The van der Waals surface area contributed by atoms with E-state index in [9.17, 15) is 69.9 Å². The zero-order valence-electron chi connectivity index (χ0n) is 31.2. The summed E-state index contributed by atoms with van der Waals surface area (Å²) in [6, 6.07) is -2.86. The maximum absolute atomic E-state index is 12.7. The van der Waals surface area contributed by atoms with Gasteiger partial charge in [0.15, 0.2) is 31.1 Å². The minimum absolute atomic E-state index is 0.358. The molecular weight excluding hydrogens is 776 g/mol. The molecule has 0 aromatic heterocycles. The third kappa shape index (κ3) is 10.5. The van der Waals surface area contributed by atoms with Crippen molar-refractivity contribution in [2.75, 3.05) is 6.61 Å². The van der Waals surface area contributed by atoms with Crippen LogP contribution in [0.2, 0.25) is 0 Å². The Balaban J connectivity index is 1.67. The quantitative estimate of drug-likeness (QED) is 0.0439. The maximum atomic E-state index is 12.7. The molecule has 326 valence electrons. The summed E-state index contributed by atoms with van der Waals surface area (Å²) < 4.78 is 40.0. The van der Waals surface area contributed by atoms with Gasteiger partial charge >= 0.3 is 11.9 Å². The van der Waals surface area contributed by atoms with Gasteiger partial charge in [-0.15, -0.1) is 0 Å². The third-order valence-corrected chi connectivity index (χ3v) is 10.2. The molecule has 4 saturated heterocycles. The standard InChI is InChI=1S/C32H52N4O21/c1-8-17(41)21(45)31(53-23(8)28(47)48)55-25-16(35-11(4)39)30(52-12(18(25)42)5-6-14(40)36-33)56-26-20(44)22(46)32(57-27(26)29(49)50)54-24-15(34-10(3)38)9(2)51-13(7-37)19(24)43/h8-9,12-13,15-27,30-32,37,41-46H,5-7,33H2,1-4H3,(H,34,38)(H,35,39)(H,36,40)(H,47,48)(H,49,50)/t8?,9?,12?,13?,15?,16?,17-,18+,19+,20+,21?,22?,23?,24+,25+,26-,27?,30-,31-,32+/m0/s1. The van der Waals surface area contributed by atoms with Gasteiger partial charge in [-0.3, -0.25) is 19.8 Å². The maximum Gasteiger partial charge on any atom is 0.335 e. The second kappa shape index (κ2) is 19.7. The van der Waals surface area contributed by atoms with Crippen molar-refractivity contribution in [2.45, 2.75) is 157 Å². The summed E-state index contributed by atoms with van der Waals surface area (Å²) in [5.41, 5.74) is 1.88. The average Bonchev–Trinajstić information content (AvgIpc) is 3.14. The number of aliphatic hydroxyl groups is 7. The smallest absolute Gasteiger partial charge is 0.335 e. The van der Waals surface area contributed by atoms with E-state index in [1.54, 1.807) is 0 Å². The molecule has 4 aliphatic rings. The monoisotopic (exact) mass is 828 g/mol. The molecule has 0 aliphatic carbocycles. The van der Waals surface area contributed by atoms with Crippen molar-refractivity contribution in [1.82, 2.24) is 16.1 Å². The molecule has 4 aliphatic heterocycles. The Bertz CT molecular complexity index is 1430. The lowest BCUT2D eigenvalue weighted by Gasteiger charge is -2.50. The molecule has 0 saturated carbocycles. The lowest BCUT2D eigenvalue weighted by atomic mass is 9.90. The zero-order chi connectivity index (χ0) is 42.6. The Labute approximate surface area is 324 Å². The van der Waals surface area contributed by atoms with Gasteiger partial charge in [0, 0.05) is 26.2 Å². The van der Waals surface area contributed by atoms with E-state index in [0.717, 1.165) is 13.8 Å². The Kier molecular flexibility index (Phi) is 16.0. The van der Waals surface area contributed by atoms with Crippen molar-refractivity contribution in [1.29, 1.82) is 0 Å². The highest BCUT2D eigenvalue weighted by molar-refractivity contribution is 5.75. The highest BCUT2D eigenvalue weighted by Crippen LogP contribution is 2.36. The number of rotatable bonds is 14. The minimum Gasteiger partial charge on any atom is -0.479 e. The number of amides is 3. The zero-order valence-corrected chi connectivity index (χ0v) is 31.2. The molecule has 0 bridgehead atoms. The first kappa shape index (κ1) is 46.4. The molecule has 0 aromatic rings. The van der Waals surface area contributed by atoms with Crippen molar-refractivity contribution in [3.05, 3.63) is 0 Å². The fraction of sp³-hybridized carbons (Fsp3) is 0.844. The summed E-state index contributed by atoms with van der Waals surface area (Å²) in [7, 11) is 0. The number of aliphatic carboxylic acids is 2. The number of carboxylic acid groups (broad SMARTS) is 2. The Morgan fingerprint density at radius 3 is 1.63 bits per heavy atom. The summed E-state index contributed by atoms with van der Waals surface area (Å²) in [5, 5.41) is 101. The third-order valence-electron chi connectivity index (χ3n) is 10.2. The number of carbonyl (C=O) groups excluding carboxylic acids is 3. The molecule has 14 N–H and O–H groups in total. The summed E-state index contributed by atoms with van der Waals surface area (Å²) >= 11 is 0. The van der Waals surface area contributed by atoms with Crippen molar-refractivity contribution in [3.8, 4) is 0 Å². The first-order valence-electron chi connectivity index (χ1n) is 18.0. The Morgan fingerprint density at radius 1 is 0.614 bits per heavy atom. The summed E-state index contributed by atoms with van der Waals surface area (Å²) in [6.45, 7) is 4.23. The molecular formula is C32H52N4O21. The number of aliphatic hydroxyl groups excluding tert-OH is 7. The number of hydrogen-bond acceptors (Lipinski definition) is 20. The number of carboxylic acids is 2. The highest BCUT2D eigenvalue weighted by atomic mass is 16.8. The normalized spacial score (nSPS) is 43.7. The van der Waals surface area contributed by atoms with Crippen LogP contribution in [0.4, 0.5) is 0 Å². The summed E-state index contributed by atoms with van der Waals surface area (Å²) in [5.74, 6) is -1.45. The van der Waals surface area contributed by atoms with Crippen molar-refractivity contribution < 1.29 is 103 Å². The first-order chi connectivity index (χ1) is 26.7. The van der Waals surface area contributed by atoms with Crippen LogP contribution in [0, 0.1) is 5.92 Å². The van der Waals surface area contributed by atoms with E-state index in [0.29, 0.717) is 0 Å². The first-order valence-corrected chi connectivity index (χ1v) is 18.0. The summed E-state index contributed by atoms with van der Waals surface area (Å²) in [4.78, 5) is 61.1. The number of ether oxygens (including phenoxy) is 7. The van der Waals surface area contributed by atoms with E-state index in [2.05, 4.69) is 10.6 Å². The second-order valence-electron chi connectivity index (χ2n) is 14.3. The molecule has 4 heterocycles. The second-order valence-corrected chi connectivity index (χ2v) is 14.3. The molecule has 20 atom stereocenters. The molecule has 0 aromatic carbocycles. The molecule has 57 heavy (non-hydrogen) atoms. The van der Waals surface area contributed by atoms with Crippen molar-refractivity contribution in [3.63, 3.8) is 0 Å². The van der Waals surface area contributed by atoms with E-state index in [1.807, 2.05) is 5.43 Å². The van der Waals surface area contributed by atoms with Crippen LogP contribution in [0.25, 0.3) is 0 Å². The lowest BCUT2D eigenvalue weighted by molar-refractivity contribution is -0.364. The van der Waals surface area contributed by atoms with E-state index < -0.39 is 165 Å². The van der Waals surface area contributed by atoms with E-state index in [1.165, 1.54) is 13.8 Å². The molecule has 0 spiro atoms. The van der Waals surface area contributed by atoms with Gasteiger partial charge < -0.3 is 89.8 Å². The van der Waals surface area contributed by atoms with Crippen LogP contribution in [-0.4, -0.2) is 199 Å². The molecule has 0 radical (unpaired) electrons. The van der Waals surface area contributed by atoms with Gasteiger partial charge in [-0.25, -0.2) is 15.4 Å². The summed E-state index contributed by atoms with van der Waals surface area (Å²) in [6.07, 6.45) is -31.4. The van der Waals surface area contributed by atoms with Crippen LogP contribution >= 0.6 is 0 Å². The number of hydrazine groups is 1. The predicted molar refractivity (Wildman–Crippen MR) is 179 cm³/mol. The SMILES string of the molecule is CC(=O)NC1C(C)OC(CO)[C@@H](O)[C@@H]1O[C@@H]1OC(C(=O)O)[C@@H](O[C@@H]2OC(CCC(=O)NN)[C@@H](O)[C@H](O[C@@H]3OC(C(=O)O)C(C)[C@H](O)C3O)C2NC(C)=O)[C@H](O)C1O. The van der Waals surface area contributed by atoms with Gasteiger partial charge in [0.2, 0.25) is 17.7 Å². The van der Waals surface area contributed by atoms with E-state index in [4.69, 9.17) is 39.0 Å². The lowest BCUT2D eigenvalue weighted by Crippen LogP contribution is -2.70. The Morgan fingerprint density at radius 2 is 1.11 bits per heavy atom. The van der Waals surface area contributed by atoms with Gasteiger partial charge in [-0.05, 0) is 13.3 Å². The molecule has 4 fully saturated rings. The topological polar surface area (TPSA) is 394 Å². The Hall–Kier alpha value is -3.25. The van der Waals surface area contributed by atoms with Crippen LogP contribution in [0.3, 0.4) is 0 Å². The molecule has 25 heteroatoms. The molecule has 4 rings (SSSR count). The number of hydrogen-bond donors (Lipinski definition) is 13. The number of nitrogens with two attached hydrogens (primary N) is 1. The number of carbonyl (C=O) groups is 5. The van der Waals surface area contributed by atoms with Crippen molar-refractivity contribution >= 4 is 29.7 Å². The van der Waals surface area contributed by atoms with Gasteiger partial charge in [0.05, 0.1) is 31.0 Å². The van der Waals surface area contributed by atoms with Gasteiger partial charge in [0.25, 0.3) is 0 Å². The van der Waals surface area contributed by atoms with Crippen LogP contribution in [0.1, 0.15) is 40.5 Å². The van der Waals surface area contributed by atoms with Crippen LogP contribution in [0.15, 0.2) is 0 Å². The fourth-order valence-electron chi connectivity index (χ4n) is 7.21. The minimum atomic E-state index is -2.24. The van der Waals surface area contributed by atoms with Crippen LogP contribution in [0.5, 0.6) is 0 Å².